The third kappa shape index (κ3) is 2.87. The summed E-state index contributed by atoms with van der Waals surface area (Å²) in [5.74, 6) is 0. The van der Waals surface area contributed by atoms with Gasteiger partial charge >= 0.3 is 0 Å². The molecule has 1 heterocycles. The third-order valence-corrected chi connectivity index (χ3v) is 1.62. The summed E-state index contributed by atoms with van der Waals surface area (Å²) in [6, 6.07) is 0. The number of nitrogens with zero attached hydrogens (tertiary/aromatic N) is 2. The molecular formula is C7H12N4S. The molecule has 0 bridgehead atoms. The molecule has 1 rings (SSSR count). The van der Waals surface area contributed by atoms with E-state index in [9.17, 15) is 0 Å². The highest BCUT2D eigenvalue weighted by molar-refractivity contribution is 7.80. The highest BCUT2D eigenvalue weighted by Gasteiger charge is 1.95. The SMILES string of the molecule is Cn1cc(CCNC(N)=S)cn1. The van der Waals surface area contributed by atoms with Crippen molar-refractivity contribution in [2.45, 2.75) is 6.42 Å². The lowest BCUT2D eigenvalue weighted by Gasteiger charge is -2.00. The topological polar surface area (TPSA) is 55.9 Å². The van der Waals surface area contributed by atoms with Crippen LogP contribution in [0.5, 0.6) is 0 Å². The van der Waals surface area contributed by atoms with E-state index in [-0.39, 0.29) is 0 Å². The average molecular weight is 184 g/mol. The van der Waals surface area contributed by atoms with Crippen molar-refractivity contribution in [2.75, 3.05) is 6.54 Å². The lowest BCUT2D eigenvalue weighted by Crippen LogP contribution is -2.30. The molecule has 0 aliphatic carbocycles. The molecule has 0 aliphatic rings. The van der Waals surface area contributed by atoms with Crippen LogP contribution in [0.3, 0.4) is 0 Å². The lowest BCUT2D eigenvalue weighted by molar-refractivity contribution is 0.766. The summed E-state index contributed by atoms with van der Waals surface area (Å²) < 4.78 is 1.77. The zero-order valence-corrected chi connectivity index (χ0v) is 7.77. The van der Waals surface area contributed by atoms with Crippen molar-refractivity contribution in [3.63, 3.8) is 0 Å². The van der Waals surface area contributed by atoms with Gasteiger partial charge in [0, 0.05) is 19.8 Å². The summed E-state index contributed by atoms with van der Waals surface area (Å²) in [6.07, 6.45) is 4.70. The Morgan fingerprint density at radius 3 is 3.08 bits per heavy atom. The maximum atomic E-state index is 5.26. The molecule has 12 heavy (non-hydrogen) atoms. The Hall–Kier alpha value is -1.10. The molecule has 0 saturated heterocycles. The van der Waals surface area contributed by atoms with Crippen LogP contribution >= 0.6 is 12.2 Å². The highest BCUT2D eigenvalue weighted by Crippen LogP contribution is 1.95. The van der Waals surface area contributed by atoms with Crippen molar-refractivity contribution in [2.24, 2.45) is 12.8 Å². The van der Waals surface area contributed by atoms with E-state index in [1.165, 1.54) is 5.56 Å². The van der Waals surface area contributed by atoms with Crippen LogP contribution in [-0.4, -0.2) is 21.4 Å². The van der Waals surface area contributed by atoms with Gasteiger partial charge in [-0.15, -0.1) is 0 Å². The first-order valence-corrected chi connectivity index (χ1v) is 4.10. The smallest absolute Gasteiger partial charge is 0.163 e. The van der Waals surface area contributed by atoms with E-state index in [4.69, 9.17) is 5.73 Å². The standard InChI is InChI=1S/C7H12N4S/c1-11-5-6(4-10-11)2-3-9-7(8)12/h4-5H,2-3H2,1H3,(H3,8,9,12). The monoisotopic (exact) mass is 184 g/mol. The van der Waals surface area contributed by atoms with Gasteiger partial charge in [-0.05, 0) is 24.2 Å². The molecule has 4 nitrogen and oxygen atoms in total. The van der Waals surface area contributed by atoms with Gasteiger partial charge in [-0.25, -0.2) is 0 Å². The molecule has 0 amide bonds. The molecule has 0 spiro atoms. The van der Waals surface area contributed by atoms with Crippen LogP contribution in [0.2, 0.25) is 0 Å². The van der Waals surface area contributed by atoms with E-state index in [0.29, 0.717) is 5.11 Å². The quantitative estimate of drug-likeness (QED) is 0.639. The fourth-order valence-electron chi connectivity index (χ4n) is 0.931. The molecule has 5 heteroatoms. The molecule has 1 aromatic heterocycles. The second-order valence-corrected chi connectivity index (χ2v) is 3.00. The van der Waals surface area contributed by atoms with Gasteiger partial charge in [0.2, 0.25) is 0 Å². The summed E-state index contributed by atoms with van der Waals surface area (Å²) in [4.78, 5) is 0. The minimum Gasteiger partial charge on any atom is -0.376 e. The lowest BCUT2D eigenvalue weighted by atomic mass is 10.2. The molecule has 0 fully saturated rings. The summed E-state index contributed by atoms with van der Waals surface area (Å²) >= 11 is 4.66. The fraction of sp³-hybridized carbons (Fsp3) is 0.429. The van der Waals surface area contributed by atoms with Gasteiger partial charge in [0.1, 0.15) is 0 Å². The number of aromatic nitrogens is 2. The predicted octanol–water partition coefficient (Wildman–Crippen LogP) is -0.204. The molecular weight excluding hydrogens is 172 g/mol. The Labute approximate surface area is 76.7 Å². The van der Waals surface area contributed by atoms with Crippen molar-refractivity contribution >= 4 is 17.3 Å². The van der Waals surface area contributed by atoms with E-state index in [1.54, 1.807) is 4.68 Å². The zero-order valence-electron chi connectivity index (χ0n) is 6.95. The molecule has 0 aliphatic heterocycles. The number of aryl methyl sites for hydroxylation is 1. The number of hydrogen-bond acceptors (Lipinski definition) is 2. The molecule has 3 N–H and O–H groups in total. The van der Waals surface area contributed by atoms with Crippen LogP contribution in [0, 0.1) is 0 Å². The maximum Gasteiger partial charge on any atom is 0.163 e. The summed E-state index contributed by atoms with van der Waals surface area (Å²) in [5.41, 5.74) is 6.44. The highest BCUT2D eigenvalue weighted by atomic mass is 32.1. The molecule has 0 unspecified atom stereocenters. The zero-order chi connectivity index (χ0) is 8.97. The van der Waals surface area contributed by atoms with E-state index < -0.39 is 0 Å². The third-order valence-electron chi connectivity index (χ3n) is 1.47. The summed E-state index contributed by atoms with van der Waals surface area (Å²) in [5, 5.41) is 7.26. The number of thiocarbonyl (C=S) groups is 1. The van der Waals surface area contributed by atoms with Crippen molar-refractivity contribution in [1.82, 2.24) is 15.1 Å². The summed E-state index contributed by atoms with van der Waals surface area (Å²) in [6.45, 7) is 0.765. The van der Waals surface area contributed by atoms with Crippen LogP contribution in [0.4, 0.5) is 0 Å². The largest absolute Gasteiger partial charge is 0.376 e. The number of nitrogens with one attached hydrogen (secondary N) is 1. The van der Waals surface area contributed by atoms with Crippen molar-refractivity contribution in [3.05, 3.63) is 18.0 Å². The molecule has 66 valence electrons. The first-order valence-electron chi connectivity index (χ1n) is 3.69. The van der Waals surface area contributed by atoms with Crippen molar-refractivity contribution in [1.29, 1.82) is 0 Å². The Balaban J connectivity index is 2.29. The second kappa shape index (κ2) is 4.06. The number of rotatable bonds is 3. The normalized spacial score (nSPS) is 9.75. The van der Waals surface area contributed by atoms with Gasteiger partial charge in [0.15, 0.2) is 5.11 Å². The van der Waals surface area contributed by atoms with Gasteiger partial charge in [0.05, 0.1) is 6.20 Å². The minimum absolute atomic E-state index is 0.346. The Bertz CT molecular complexity index is 268. The average Bonchev–Trinajstić information content (AvgIpc) is 2.35. The Morgan fingerprint density at radius 1 is 1.83 bits per heavy atom. The van der Waals surface area contributed by atoms with Gasteiger partial charge < -0.3 is 11.1 Å². The second-order valence-electron chi connectivity index (χ2n) is 2.56. The van der Waals surface area contributed by atoms with Gasteiger partial charge in [-0.1, -0.05) is 0 Å². The molecule has 0 radical (unpaired) electrons. The first kappa shape index (κ1) is 8.99. The predicted molar refractivity (Wildman–Crippen MR) is 51.7 cm³/mol. The fourth-order valence-corrected chi connectivity index (χ4v) is 1.03. The van der Waals surface area contributed by atoms with Crippen LogP contribution in [0.1, 0.15) is 5.56 Å². The van der Waals surface area contributed by atoms with E-state index >= 15 is 0 Å². The van der Waals surface area contributed by atoms with E-state index in [0.717, 1.165) is 13.0 Å². The van der Waals surface area contributed by atoms with Crippen LogP contribution in [0.15, 0.2) is 12.4 Å². The van der Waals surface area contributed by atoms with Crippen LogP contribution in [-0.2, 0) is 13.5 Å². The van der Waals surface area contributed by atoms with Crippen LogP contribution < -0.4 is 11.1 Å². The molecule has 0 saturated carbocycles. The molecule has 0 atom stereocenters. The van der Waals surface area contributed by atoms with Gasteiger partial charge in [-0.3, -0.25) is 4.68 Å². The van der Waals surface area contributed by atoms with Gasteiger partial charge in [0.25, 0.3) is 0 Å². The number of nitrogens with two attached hydrogens (primary N) is 1. The maximum absolute atomic E-state index is 5.26. The Kier molecular flexibility index (Phi) is 3.04. The molecule has 1 aromatic rings. The van der Waals surface area contributed by atoms with E-state index in [1.807, 2.05) is 19.4 Å². The molecule has 0 aromatic carbocycles. The van der Waals surface area contributed by atoms with Crippen molar-refractivity contribution in [3.8, 4) is 0 Å². The minimum atomic E-state index is 0.346. The van der Waals surface area contributed by atoms with E-state index in [2.05, 4.69) is 22.6 Å². The summed E-state index contributed by atoms with van der Waals surface area (Å²) in [7, 11) is 1.89. The Morgan fingerprint density at radius 2 is 2.58 bits per heavy atom. The van der Waals surface area contributed by atoms with Crippen molar-refractivity contribution < 1.29 is 0 Å². The first-order chi connectivity index (χ1) is 5.68. The van der Waals surface area contributed by atoms with Gasteiger partial charge in [-0.2, -0.15) is 5.10 Å². The van der Waals surface area contributed by atoms with Crippen LogP contribution in [0.25, 0.3) is 0 Å². The number of hydrogen-bond donors (Lipinski definition) is 2.